The Hall–Kier alpha value is -2.67. The second-order valence-electron chi connectivity index (χ2n) is 6.40. The summed E-state index contributed by atoms with van der Waals surface area (Å²) < 4.78 is 26.7. The third kappa shape index (κ3) is 3.88. The van der Waals surface area contributed by atoms with Gasteiger partial charge in [-0.05, 0) is 31.0 Å². The first-order valence-corrected chi connectivity index (χ1v) is 10.3. The number of benzene rings is 2. The second-order valence-corrected chi connectivity index (χ2v) is 8.22. The molecule has 0 radical (unpaired) electrons. The zero-order valence-corrected chi connectivity index (χ0v) is 15.9. The van der Waals surface area contributed by atoms with Gasteiger partial charge in [0.15, 0.2) is 0 Å². The van der Waals surface area contributed by atoms with Gasteiger partial charge in [0.2, 0.25) is 11.8 Å². The maximum absolute atomic E-state index is 13.1. The zero-order valence-electron chi connectivity index (χ0n) is 15.1. The molecule has 1 aliphatic rings. The molecule has 1 heterocycles. The van der Waals surface area contributed by atoms with E-state index in [0.29, 0.717) is 13.1 Å². The number of rotatable bonds is 6. The maximum Gasteiger partial charge on any atom is 0.267 e. The van der Waals surface area contributed by atoms with Crippen molar-refractivity contribution < 1.29 is 18.0 Å². The molecule has 6 nitrogen and oxygen atoms in total. The molecule has 1 aliphatic heterocycles. The van der Waals surface area contributed by atoms with Gasteiger partial charge >= 0.3 is 0 Å². The minimum atomic E-state index is -4.06. The number of amides is 2. The van der Waals surface area contributed by atoms with Gasteiger partial charge in [-0.15, -0.1) is 0 Å². The average molecular weight is 386 g/mol. The number of carbonyl (C=O) groups excluding carboxylic acids is 2. The molecule has 2 amide bonds. The maximum atomic E-state index is 13.1. The number of nitrogens with zero attached hydrogens (tertiary/aromatic N) is 2. The van der Waals surface area contributed by atoms with Crippen LogP contribution in [0, 0.1) is 0 Å². The Morgan fingerprint density at radius 1 is 1.07 bits per heavy atom. The average Bonchev–Trinajstić information content (AvgIpc) is 3.09. The molecular formula is C20H22N2O4S. The van der Waals surface area contributed by atoms with E-state index in [1.165, 1.54) is 12.1 Å². The molecule has 2 aromatic rings. The van der Waals surface area contributed by atoms with Crippen LogP contribution in [0.2, 0.25) is 0 Å². The standard InChI is InChI=1S/C20H22N2O4S/c1-2-21(15-16-9-5-3-6-10-16)20(24)18-13-14-19(23)22(18)27(25,26)17-11-7-4-8-12-17/h3-12,18H,2,13-15H2,1H3. The summed E-state index contributed by atoms with van der Waals surface area (Å²) in [6.07, 6.45) is 0.250. The molecule has 0 spiro atoms. The highest BCUT2D eigenvalue weighted by Crippen LogP contribution is 2.28. The molecule has 142 valence electrons. The molecule has 1 fully saturated rings. The van der Waals surface area contributed by atoms with Crippen molar-refractivity contribution in [2.75, 3.05) is 6.54 Å². The van der Waals surface area contributed by atoms with Gasteiger partial charge in [-0.25, -0.2) is 12.7 Å². The van der Waals surface area contributed by atoms with Crippen LogP contribution in [0.1, 0.15) is 25.3 Å². The van der Waals surface area contributed by atoms with Gasteiger partial charge in [0.05, 0.1) is 4.90 Å². The van der Waals surface area contributed by atoms with E-state index in [2.05, 4.69) is 0 Å². The number of likely N-dealkylation sites (N-methyl/N-ethyl adjacent to an activating group) is 1. The number of hydrogen-bond donors (Lipinski definition) is 0. The molecular weight excluding hydrogens is 364 g/mol. The van der Waals surface area contributed by atoms with Crippen molar-refractivity contribution in [1.29, 1.82) is 0 Å². The highest BCUT2D eigenvalue weighted by atomic mass is 32.2. The van der Waals surface area contributed by atoms with Gasteiger partial charge < -0.3 is 4.90 Å². The first kappa shape index (κ1) is 19.1. The predicted octanol–water partition coefficient (Wildman–Crippen LogP) is 2.42. The van der Waals surface area contributed by atoms with E-state index in [1.807, 2.05) is 37.3 Å². The van der Waals surface area contributed by atoms with Crippen LogP contribution in [0.4, 0.5) is 0 Å². The highest BCUT2D eigenvalue weighted by molar-refractivity contribution is 7.89. The minimum Gasteiger partial charge on any atom is -0.337 e. The smallest absolute Gasteiger partial charge is 0.267 e. The van der Waals surface area contributed by atoms with Gasteiger partial charge in [0.25, 0.3) is 10.0 Å². The van der Waals surface area contributed by atoms with E-state index in [9.17, 15) is 18.0 Å². The van der Waals surface area contributed by atoms with Crippen molar-refractivity contribution >= 4 is 21.8 Å². The lowest BCUT2D eigenvalue weighted by Crippen LogP contribution is -2.48. The van der Waals surface area contributed by atoms with E-state index in [4.69, 9.17) is 0 Å². The van der Waals surface area contributed by atoms with Gasteiger partial charge in [-0.1, -0.05) is 48.5 Å². The lowest BCUT2D eigenvalue weighted by atomic mass is 10.1. The summed E-state index contributed by atoms with van der Waals surface area (Å²) in [5, 5.41) is 0. The second kappa shape index (κ2) is 7.92. The van der Waals surface area contributed by atoms with Crippen LogP contribution in [-0.4, -0.2) is 42.0 Å². The SMILES string of the molecule is CCN(Cc1ccccc1)C(=O)C1CCC(=O)N1S(=O)(=O)c1ccccc1. The molecule has 0 saturated carbocycles. The van der Waals surface area contributed by atoms with Crippen molar-refractivity contribution in [1.82, 2.24) is 9.21 Å². The lowest BCUT2D eigenvalue weighted by Gasteiger charge is -2.29. The molecule has 1 atom stereocenters. The number of hydrogen-bond acceptors (Lipinski definition) is 4. The summed E-state index contributed by atoms with van der Waals surface area (Å²) in [5.41, 5.74) is 0.953. The molecule has 0 N–H and O–H groups in total. The van der Waals surface area contributed by atoms with Crippen molar-refractivity contribution in [3.05, 3.63) is 66.2 Å². The summed E-state index contributed by atoms with van der Waals surface area (Å²) >= 11 is 0. The Balaban J connectivity index is 1.87. The summed E-state index contributed by atoms with van der Waals surface area (Å²) in [5.74, 6) is -0.875. The molecule has 1 saturated heterocycles. The highest BCUT2D eigenvalue weighted by Gasteiger charge is 2.45. The van der Waals surface area contributed by atoms with Crippen molar-refractivity contribution in [3.8, 4) is 0 Å². The van der Waals surface area contributed by atoms with Gasteiger partial charge in [0.1, 0.15) is 6.04 Å². The van der Waals surface area contributed by atoms with Crippen LogP contribution in [0.3, 0.4) is 0 Å². The molecule has 7 heteroatoms. The quantitative estimate of drug-likeness (QED) is 0.764. The first-order valence-electron chi connectivity index (χ1n) is 8.90. The topological polar surface area (TPSA) is 74.8 Å². The third-order valence-electron chi connectivity index (χ3n) is 4.66. The number of sulfonamides is 1. The summed E-state index contributed by atoms with van der Waals surface area (Å²) in [6, 6.07) is 16.3. The first-order chi connectivity index (χ1) is 12.9. The Morgan fingerprint density at radius 2 is 1.67 bits per heavy atom. The fourth-order valence-corrected chi connectivity index (χ4v) is 4.87. The number of carbonyl (C=O) groups is 2. The summed E-state index contributed by atoms with van der Waals surface area (Å²) in [7, 11) is -4.06. The molecule has 2 aromatic carbocycles. The van der Waals surface area contributed by atoms with Gasteiger partial charge in [0, 0.05) is 19.5 Å². The Bertz CT molecular complexity index is 914. The fraction of sp³-hybridized carbons (Fsp3) is 0.300. The van der Waals surface area contributed by atoms with E-state index < -0.39 is 22.0 Å². The van der Waals surface area contributed by atoms with Crippen LogP contribution in [0.5, 0.6) is 0 Å². The zero-order chi connectivity index (χ0) is 19.4. The van der Waals surface area contributed by atoms with E-state index in [0.717, 1.165) is 9.87 Å². The van der Waals surface area contributed by atoms with Crippen molar-refractivity contribution in [2.45, 2.75) is 37.2 Å². The molecule has 27 heavy (non-hydrogen) atoms. The van der Waals surface area contributed by atoms with Gasteiger partial charge in [-0.2, -0.15) is 0 Å². The van der Waals surface area contributed by atoms with Crippen LogP contribution < -0.4 is 0 Å². The molecule has 0 aliphatic carbocycles. The molecule has 0 aromatic heterocycles. The summed E-state index contributed by atoms with van der Waals surface area (Å²) in [6.45, 7) is 2.64. The van der Waals surface area contributed by atoms with Crippen LogP contribution in [0.25, 0.3) is 0 Å². The van der Waals surface area contributed by atoms with Crippen molar-refractivity contribution in [3.63, 3.8) is 0 Å². The van der Waals surface area contributed by atoms with E-state index in [-0.39, 0.29) is 23.6 Å². The fourth-order valence-electron chi connectivity index (χ4n) is 3.25. The largest absolute Gasteiger partial charge is 0.337 e. The lowest BCUT2D eigenvalue weighted by molar-refractivity contribution is -0.138. The third-order valence-corrected chi connectivity index (χ3v) is 6.50. The summed E-state index contributed by atoms with van der Waals surface area (Å²) in [4.78, 5) is 27.0. The van der Waals surface area contributed by atoms with Crippen LogP contribution in [0.15, 0.2) is 65.6 Å². The monoisotopic (exact) mass is 386 g/mol. The molecule has 0 bridgehead atoms. The Labute approximate surface area is 159 Å². The van der Waals surface area contributed by atoms with Crippen LogP contribution in [-0.2, 0) is 26.2 Å². The molecule has 1 unspecified atom stereocenters. The predicted molar refractivity (Wildman–Crippen MR) is 101 cm³/mol. The van der Waals surface area contributed by atoms with Gasteiger partial charge in [-0.3, -0.25) is 9.59 Å². The van der Waals surface area contributed by atoms with E-state index >= 15 is 0 Å². The normalized spacial score (nSPS) is 17.1. The van der Waals surface area contributed by atoms with Crippen LogP contribution >= 0.6 is 0 Å². The van der Waals surface area contributed by atoms with Crippen molar-refractivity contribution in [2.24, 2.45) is 0 Å². The molecule has 3 rings (SSSR count). The Kier molecular flexibility index (Phi) is 5.60. The Morgan fingerprint density at radius 3 is 2.26 bits per heavy atom. The minimum absolute atomic E-state index is 0.0177. The van der Waals surface area contributed by atoms with E-state index in [1.54, 1.807) is 23.1 Å².